The number of nitrogens with zero attached hydrogens (tertiary/aromatic N) is 6. The maximum atomic E-state index is 15.9. The van der Waals surface area contributed by atoms with Crippen molar-refractivity contribution < 1.29 is 19.0 Å². The molecule has 1 N–H and O–H groups in total. The highest BCUT2D eigenvalue weighted by molar-refractivity contribution is 6.07. The monoisotopic (exact) mass is 544 g/mol. The third kappa shape index (κ3) is 4.31. The summed E-state index contributed by atoms with van der Waals surface area (Å²) < 4.78 is 31.2. The molecule has 5 aromatic rings. The molecule has 1 fully saturated rings. The van der Waals surface area contributed by atoms with Crippen LogP contribution in [0.25, 0.3) is 33.2 Å². The van der Waals surface area contributed by atoms with E-state index in [1.807, 2.05) is 31.2 Å². The highest BCUT2D eigenvalue weighted by Crippen LogP contribution is 2.44. The zero-order valence-electron chi connectivity index (χ0n) is 23.3. The molecule has 0 saturated carbocycles. The van der Waals surface area contributed by atoms with E-state index in [9.17, 15) is 5.11 Å². The Bertz CT molecular complexity index is 1700. The van der Waals surface area contributed by atoms with E-state index in [1.165, 1.54) is 0 Å². The van der Waals surface area contributed by atoms with Gasteiger partial charge in [0.15, 0.2) is 0 Å². The van der Waals surface area contributed by atoms with Crippen LogP contribution in [0.3, 0.4) is 0 Å². The Morgan fingerprint density at radius 3 is 2.60 bits per heavy atom. The Morgan fingerprint density at radius 2 is 1.93 bits per heavy atom. The minimum absolute atomic E-state index is 0.163. The van der Waals surface area contributed by atoms with Crippen molar-refractivity contribution in [3.05, 3.63) is 65.5 Å². The van der Waals surface area contributed by atoms with Crippen LogP contribution in [0.5, 0.6) is 5.75 Å². The van der Waals surface area contributed by atoms with Gasteiger partial charge >= 0.3 is 0 Å². The van der Waals surface area contributed by atoms with Gasteiger partial charge in [0.25, 0.3) is 0 Å². The van der Waals surface area contributed by atoms with Gasteiger partial charge in [-0.3, -0.25) is 9.97 Å². The standard InChI is InChI=1S/C30H33FN6O3/c1-17-28(36(4)35-34-17)20-15-23-21(14-22(20)31)26-24(13-19(16-33-26)30(2,3)38)37(23)29(18-8-11-40-12-9-18)27-25(39-5)7-6-10-32-27/h6-7,10,13-16,18,29,38H,8-9,11-12H2,1-5H3. The average molecular weight is 545 g/mol. The summed E-state index contributed by atoms with van der Waals surface area (Å²) in [5.41, 5.74) is 4.23. The third-order valence-corrected chi connectivity index (χ3v) is 7.97. The van der Waals surface area contributed by atoms with Crippen LogP contribution < -0.4 is 4.74 Å². The summed E-state index contributed by atoms with van der Waals surface area (Å²) in [4.78, 5) is 9.60. The summed E-state index contributed by atoms with van der Waals surface area (Å²) in [6.45, 7) is 6.57. The second-order valence-corrected chi connectivity index (χ2v) is 11.0. The van der Waals surface area contributed by atoms with E-state index < -0.39 is 5.60 Å². The van der Waals surface area contributed by atoms with Crippen molar-refractivity contribution in [2.75, 3.05) is 20.3 Å². The van der Waals surface area contributed by atoms with Gasteiger partial charge in [-0.05, 0) is 69.9 Å². The number of aromatic nitrogens is 6. The highest BCUT2D eigenvalue weighted by atomic mass is 19.1. The quantitative estimate of drug-likeness (QED) is 0.318. The van der Waals surface area contributed by atoms with Crippen LogP contribution in [0.1, 0.15) is 49.7 Å². The van der Waals surface area contributed by atoms with Crippen LogP contribution in [0.4, 0.5) is 4.39 Å². The SMILES string of the molecule is COc1cccnc1C(C1CCOCC1)n1c2cc(-c3c(C)nnn3C)c(F)cc2c2ncc(C(C)(C)O)cc21. The second kappa shape index (κ2) is 9.94. The Hall–Kier alpha value is -3.89. The van der Waals surface area contributed by atoms with E-state index in [4.69, 9.17) is 19.4 Å². The summed E-state index contributed by atoms with van der Waals surface area (Å²) >= 11 is 0. The summed E-state index contributed by atoms with van der Waals surface area (Å²) in [5, 5.41) is 19.8. The molecule has 0 amide bonds. The molecule has 0 bridgehead atoms. The highest BCUT2D eigenvalue weighted by Gasteiger charge is 2.34. The van der Waals surface area contributed by atoms with E-state index in [1.54, 1.807) is 51.1 Å². The molecule has 0 radical (unpaired) electrons. The summed E-state index contributed by atoms with van der Waals surface area (Å²) in [7, 11) is 3.41. The average Bonchev–Trinajstić information content (AvgIpc) is 3.44. The fraction of sp³-hybridized carbons (Fsp3) is 0.400. The number of hydrogen-bond donors (Lipinski definition) is 1. The minimum atomic E-state index is -1.12. The van der Waals surface area contributed by atoms with Gasteiger partial charge in [0.05, 0.1) is 46.7 Å². The van der Waals surface area contributed by atoms with Gasteiger partial charge < -0.3 is 19.1 Å². The first-order chi connectivity index (χ1) is 19.2. The maximum absolute atomic E-state index is 15.9. The smallest absolute Gasteiger partial charge is 0.142 e. The molecule has 1 aliphatic heterocycles. The van der Waals surface area contributed by atoms with Crippen molar-refractivity contribution >= 4 is 21.9 Å². The zero-order valence-corrected chi connectivity index (χ0v) is 23.3. The molecule has 1 aliphatic rings. The fourth-order valence-corrected chi connectivity index (χ4v) is 5.96. The molecule has 0 aliphatic carbocycles. The van der Waals surface area contributed by atoms with Crippen molar-refractivity contribution in [1.82, 2.24) is 29.5 Å². The van der Waals surface area contributed by atoms with Crippen molar-refractivity contribution in [3.8, 4) is 17.0 Å². The number of hydrogen-bond acceptors (Lipinski definition) is 7. The van der Waals surface area contributed by atoms with Crippen LogP contribution in [0.15, 0.2) is 42.7 Å². The molecule has 1 unspecified atom stereocenters. The molecule has 9 nitrogen and oxygen atoms in total. The first kappa shape index (κ1) is 26.3. The van der Waals surface area contributed by atoms with E-state index in [0.717, 1.165) is 29.6 Å². The maximum Gasteiger partial charge on any atom is 0.142 e. The van der Waals surface area contributed by atoms with E-state index in [-0.39, 0.29) is 17.8 Å². The molecule has 0 spiro atoms. The molecule has 1 aromatic carbocycles. The number of aryl methyl sites for hydroxylation is 2. The van der Waals surface area contributed by atoms with Crippen molar-refractivity contribution in [2.24, 2.45) is 13.0 Å². The Kier molecular flexibility index (Phi) is 6.54. The first-order valence-electron chi connectivity index (χ1n) is 13.5. The van der Waals surface area contributed by atoms with Gasteiger partial charge in [0.1, 0.15) is 17.3 Å². The van der Waals surface area contributed by atoms with Gasteiger partial charge in [-0.25, -0.2) is 9.07 Å². The molecule has 5 heterocycles. The Morgan fingerprint density at radius 1 is 1.15 bits per heavy atom. The van der Waals surface area contributed by atoms with Gasteiger partial charge in [-0.2, -0.15) is 0 Å². The topological polar surface area (TPSA) is 100 Å². The lowest BCUT2D eigenvalue weighted by molar-refractivity contribution is 0.0544. The van der Waals surface area contributed by atoms with Crippen molar-refractivity contribution in [2.45, 2.75) is 45.3 Å². The molecular formula is C30H33FN6O3. The van der Waals surface area contributed by atoms with Crippen LogP contribution >= 0.6 is 0 Å². The predicted molar refractivity (Wildman–Crippen MR) is 150 cm³/mol. The lowest BCUT2D eigenvalue weighted by Gasteiger charge is -2.33. The van der Waals surface area contributed by atoms with Crippen molar-refractivity contribution in [1.29, 1.82) is 0 Å². The number of benzene rings is 1. The van der Waals surface area contributed by atoms with E-state index in [2.05, 4.69) is 14.9 Å². The number of fused-ring (bicyclic) bond motifs is 3. The lowest BCUT2D eigenvalue weighted by Crippen LogP contribution is -2.28. The molecule has 1 saturated heterocycles. The molecule has 4 aromatic heterocycles. The van der Waals surface area contributed by atoms with Gasteiger partial charge in [0.2, 0.25) is 0 Å². The van der Waals surface area contributed by atoms with Gasteiger partial charge in [-0.1, -0.05) is 5.21 Å². The number of ether oxygens (including phenoxy) is 2. The Balaban J connectivity index is 1.74. The molecule has 10 heteroatoms. The zero-order chi connectivity index (χ0) is 28.2. The number of halogens is 1. The van der Waals surface area contributed by atoms with E-state index in [0.29, 0.717) is 52.4 Å². The number of aliphatic hydroxyl groups is 1. The van der Waals surface area contributed by atoms with Crippen LogP contribution in [-0.4, -0.2) is 55.0 Å². The lowest BCUT2D eigenvalue weighted by atomic mass is 9.88. The molecule has 1 atom stereocenters. The second-order valence-electron chi connectivity index (χ2n) is 11.0. The third-order valence-electron chi connectivity index (χ3n) is 7.97. The number of methoxy groups -OCH3 is 1. The van der Waals surface area contributed by atoms with E-state index >= 15 is 4.39 Å². The predicted octanol–water partition coefficient (Wildman–Crippen LogP) is 5.08. The normalized spacial score (nSPS) is 15.7. The van der Waals surface area contributed by atoms with Crippen LogP contribution in [-0.2, 0) is 17.4 Å². The Labute approximate surface area is 231 Å². The van der Waals surface area contributed by atoms with Crippen LogP contribution in [0.2, 0.25) is 0 Å². The molecule has 6 rings (SSSR count). The fourth-order valence-electron chi connectivity index (χ4n) is 5.96. The van der Waals surface area contributed by atoms with Crippen molar-refractivity contribution in [3.63, 3.8) is 0 Å². The summed E-state index contributed by atoms with van der Waals surface area (Å²) in [6, 6.07) is 8.88. The van der Waals surface area contributed by atoms with Gasteiger partial charge in [0, 0.05) is 49.2 Å². The number of rotatable bonds is 6. The molecular weight excluding hydrogens is 511 g/mol. The van der Waals surface area contributed by atoms with Crippen LogP contribution in [0, 0.1) is 18.7 Å². The summed E-state index contributed by atoms with van der Waals surface area (Å²) in [5.74, 6) is 0.455. The summed E-state index contributed by atoms with van der Waals surface area (Å²) in [6.07, 6.45) is 5.08. The molecule has 208 valence electrons. The molecule has 40 heavy (non-hydrogen) atoms. The largest absolute Gasteiger partial charge is 0.495 e. The minimum Gasteiger partial charge on any atom is -0.495 e. The number of pyridine rings is 2. The first-order valence-corrected chi connectivity index (χ1v) is 13.5. The van der Waals surface area contributed by atoms with Gasteiger partial charge in [-0.15, -0.1) is 5.10 Å².